The van der Waals surface area contributed by atoms with Crippen LogP contribution in [0.4, 0.5) is 0 Å². The summed E-state index contributed by atoms with van der Waals surface area (Å²) < 4.78 is 12.0. The van der Waals surface area contributed by atoms with Crippen molar-refractivity contribution >= 4 is 21.9 Å². The second-order valence-electron chi connectivity index (χ2n) is 5.81. The van der Waals surface area contributed by atoms with Crippen molar-refractivity contribution in [2.45, 2.75) is 18.1 Å². The topological polar surface area (TPSA) is 64.8 Å². The van der Waals surface area contributed by atoms with Gasteiger partial charge in [-0.2, -0.15) is 0 Å². The SMILES string of the molecule is COC(=O)C1(N)c2cc(Br)ccc2OC2CCN(C)CC21. The molecular formula is C15H19BrN2O3. The van der Waals surface area contributed by atoms with Crippen LogP contribution in [0.2, 0.25) is 0 Å². The second kappa shape index (κ2) is 5.26. The number of fused-ring (bicyclic) bond motifs is 2. The average Bonchev–Trinajstić information content (AvgIpc) is 2.48. The van der Waals surface area contributed by atoms with Crippen LogP contribution < -0.4 is 10.5 Å². The fourth-order valence-corrected chi connectivity index (χ4v) is 3.75. The molecule has 3 atom stereocenters. The van der Waals surface area contributed by atoms with E-state index in [1.54, 1.807) is 0 Å². The molecule has 2 N–H and O–H groups in total. The van der Waals surface area contributed by atoms with Gasteiger partial charge in [-0.15, -0.1) is 0 Å². The molecule has 3 rings (SSSR count). The Hall–Kier alpha value is -1.11. The average molecular weight is 355 g/mol. The fraction of sp³-hybridized carbons (Fsp3) is 0.533. The van der Waals surface area contributed by atoms with Gasteiger partial charge in [0.2, 0.25) is 0 Å². The highest BCUT2D eigenvalue weighted by Crippen LogP contribution is 2.45. The third kappa shape index (κ3) is 2.25. The molecule has 0 aliphatic carbocycles. The lowest BCUT2D eigenvalue weighted by Crippen LogP contribution is -2.63. The summed E-state index contributed by atoms with van der Waals surface area (Å²) in [5.41, 5.74) is 6.13. The Bertz CT molecular complexity index is 580. The van der Waals surface area contributed by atoms with Gasteiger partial charge >= 0.3 is 5.97 Å². The largest absolute Gasteiger partial charge is 0.490 e. The molecule has 0 spiro atoms. The van der Waals surface area contributed by atoms with Gasteiger partial charge in [0.05, 0.1) is 7.11 Å². The number of hydrogen-bond donors (Lipinski definition) is 1. The summed E-state index contributed by atoms with van der Waals surface area (Å²) >= 11 is 3.44. The maximum absolute atomic E-state index is 12.5. The molecule has 21 heavy (non-hydrogen) atoms. The van der Waals surface area contributed by atoms with E-state index in [9.17, 15) is 4.79 Å². The quantitative estimate of drug-likeness (QED) is 0.774. The molecule has 0 aromatic heterocycles. The van der Waals surface area contributed by atoms with E-state index < -0.39 is 11.5 Å². The lowest BCUT2D eigenvalue weighted by atomic mass is 9.71. The van der Waals surface area contributed by atoms with E-state index in [1.807, 2.05) is 25.2 Å². The number of rotatable bonds is 1. The van der Waals surface area contributed by atoms with Crippen molar-refractivity contribution in [3.8, 4) is 5.75 Å². The summed E-state index contributed by atoms with van der Waals surface area (Å²) in [4.78, 5) is 14.7. The smallest absolute Gasteiger partial charge is 0.331 e. The number of esters is 1. The molecule has 1 aromatic rings. The first-order chi connectivity index (χ1) is 9.96. The van der Waals surface area contributed by atoms with Gasteiger partial charge in [0.1, 0.15) is 11.9 Å². The fourth-order valence-electron chi connectivity index (χ4n) is 3.39. The number of carbonyl (C=O) groups is 1. The molecule has 114 valence electrons. The summed E-state index contributed by atoms with van der Waals surface area (Å²) in [6.45, 7) is 1.65. The predicted octanol–water partition coefficient (Wildman–Crippen LogP) is 1.49. The van der Waals surface area contributed by atoms with Crippen LogP contribution in [0.25, 0.3) is 0 Å². The summed E-state index contributed by atoms with van der Waals surface area (Å²) in [5, 5.41) is 0. The lowest BCUT2D eigenvalue weighted by Gasteiger charge is -2.48. The maximum atomic E-state index is 12.5. The highest BCUT2D eigenvalue weighted by molar-refractivity contribution is 9.10. The second-order valence-corrected chi connectivity index (χ2v) is 6.73. The molecule has 0 saturated carbocycles. The molecule has 2 heterocycles. The summed E-state index contributed by atoms with van der Waals surface area (Å²) in [5.74, 6) is 0.151. The van der Waals surface area contributed by atoms with Gasteiger partial charge in [0.15, 0.2) is 5.54 Å². The predicted molar refractivity (Wildman–Crippen MR) is 82.0 cm³/mol. The number of nitrogens with zero attached hydrogens (tertiary/aromatic N) is 1. The van der Waals surface area contributed by atoms with Gasteiger partial charge in [-0.1, -0.05) is 15.9 Å². The molecule has 1 aromatic carbocycles. The lowest BCUT2D eigenvalue weighted by molar-refractivity contribution is -0.155. The van der Waals surface area contributed by atoms with Gasteiger partial charge in [0.25, 0.3) is 0 Å². The number of carbonyl (C=O) groups excluding carboxylic acids is 1. The van der Waals surface area contributed by atoms with E-state index in [4.69, 9.17) is 15.2 Å². The van der Waals surface area contributed by atoms with Gasteiger partial charge in [-0.05, 0) is 31.7 Å². The first-order valence-electron chi connectivity index (χ1n) is 6.99. The van der Waals surface area contributed by atoms with Crippen LogP contribution in [0.15, 0.2) is 22.7 Å². The number of benzene rings is 1. The van der Waals surface area contributed by atoms with E-state index in [2.05, 4.69) is 20.8 Å². The van der Waals surface area contributed by atoms with Crippen LogP contribution >= 0.6 is 15.9 Å². The van der Waals surface area contributed by atoms with Crippen molar-refractivity contribution in [1.29, 1.82) is 0 Å². The Morgan fingerprint density at radius 3 is 3.05 bits per heavy atom. The van der Waals surface area contributed by atoms with Crippen molar-refractivity contribution < 1.29 is 14.3 Å². The van der Waals surface area contributed by atoms with Crippen molar-refractivity contribution in [3.05, 3.63) is 28.2 Å². The monoisotopic (exact) mass is 354 g/mol. The molecule has 0 bridgehead atoms. The molecule has 6 heteroatoms. The number of methoxy groups -OCH3 is 1. The molecule has 0 amide bonds. The first kappa shape index (κ1) is 14.8. The van der Waals surface area contributed by atoms with Crippen molar-refractivity contribution in [2.75, 3.05) is 27.2 Å². The molecule has 3 unspecified atom stereocenters. The van der Waals surface area contributed by atoms with Crippen molar-refractivity contribution in [2.24, 2.45) is 11.7 Å². The van der Waals surface area contributed by atoms with E-state index in [-0.39, 0.29) is 12.0 Å². The Kier molecular flexibility index (Phi) is 3.71. The molecule has 0 radical (unpaired) electrons. The number of piperidine rings is 1. The maximum Gasteiger partial charge on any atom is 0.331 e. The van der Waals surface area contributed by atoms with Gasteiger partial charge in [-0.25, -0.2) is 4.79 Å². The number of nitrogens with two attached hydrogens (primary N) is 1. The minimum absolute atomic E-state index is 0.0565. The van der Waals surface area contributed by atoms with E-state index in [0.29, 0.717) is 17.9 Å². The third-order valence-corrected chi connectivity index (χ3v) is 5.02. The zero-order valence-electron chi connectivity index (χ0n) is 12.1. The summed E-state index contributed by atoms with van der Waals surface area (Å²) in [7, 11) is 3.41. The summed E-state index contributed by atoms with van der Waals surface area (Å²) in [6.07, 6.45) is 0.797. The van der Waals surface area contributed by atoms with Gasteiger partial charge < -0.3 is 20.1 Å². The minimum Gasteiger partial charge on any atom is -0.490 e. The Labute approximate surface area is 132 Å². The van der Waals surface area contributed by atoms with Crippen LogP contribution in [0.1, 0.15) is 12.0 Å². The minimum atomic E-state index is -1.18. The highest BCUT2D eigenvalue weighted by Gasteiger charge is 2.55. The Balaban J connectivity index is 2.15. The van der Waals surface area contributed by atoms with Crippen LogP contribution in [0, 0.1) is 5.92 Å². The highest BCUT2D eigenvalue weighted by atomic mass is 79.9. The molecule has 5 nitrogen and oxygen atoms in total. The van der Waals surface area contributed by atoms with Crippen LogP contribution in [-0.2, 0) is 15.1 Å². The van der Waals surface area contributed by atoms with E-state index >= 15 is 0 Å². The molecule has 2 aliphatic rings. The Morgan fingerprint density at radius 1 is 1.57 bits per heavy atom. The number of halogens is 1. The first-order valence-corrected chi connectivity index (χ1v) is 7.78. The van der Waals surface area contributed by atoms with Gasteiger partial charge in [-0.3, -0.25) is 0 Å². The van der Waals surface area contributed by atoms with Crippen LogP contribution in [0.3, 0.4) is 0 Å². The third-order valence-electron chi connectivity index (χ3n) is 4.53. The number of ether oxygens (including phenoxy) is 2. The van der Waals surface area contributed by atoms with Crippen LogP contribution in [-0.4, -0.2) is 44.2 Å². The standard InChI is InChI=1S/C15H19BrN2O3/c1-18-6-5-13-11(8-18)15(17,14(19)20-2)10-7-9(16)3-4-12(10)21-13/h3-4,7,11,13H,5-6,8,17H2,1-2H3. The van der Waals surface area contributed by atoms with Crippen LogP contribution in [0.5, 0.6) is 5.75 Å². The summed E-state index contributed by atoms with van der Waals surface area (Å²) in [6, 6.07) is 5.61. The molecular weight excluding hydrogens is 336 g/mol. The molecule has 1 fully saturated rings. The van der Waals surface area contributed by atoms with E-state index in [1.165, 1.54) is 7.11 Å². The zero-order valence-corrected chi connectivity index (χ0v) is 13.7. The number of hydrogen-bond acceptors (Lipinski definition) is 5. The Morgan fingerprint density at radius 2 is 2.33 bits per heavy atom. The zero-order chi connectivity index (χ0) is 15.2. The molecule has 1 saturated heterocycles. The van der Waals surface area contributed by atoms with Crippen molar-refractivity contribution in [1.82, 2.24) is 4.90 Å². The number of likely N-dealkylation sites (tertiary alicyclic amines) is 1. The molecule has 2 aliphatic heterocycles. The normalized spacial score (nSPS) is 31.8. The van der Waals surface area contributed by atoms with E-state index in [0.717, 1.165) is 17.4 Å². The van der Waals surface area contributed by atoms with Crippen molar-refractivity contribution in [3.63, 3.8) is 0 Å². The van der Waals surface area contributed by atoms with Gasteiger partial charge in [0, 0.05) is 29.0 Å².